The van der Waals surface area contributed by atoms with E-state index in [1.165, 1.54) is 14.2 Å². The summed E-state index contributed by atoms with van der Waals surface area (Å²) in [4.78, 5) is 6.07. The highest BCUT2D eigenvalue weighted by Crippen LogP contribution is 2.31. The molecule has 0 aliphatic rings. The minimum atomic E-state index is -3.17. The molecule has 0 aliphatic heterocycles. The van der Waals surface area contributed by atoms with Gasteiger partial charge in [-0.2, -0.15) is 0 Å². The smallest absolute Gasteiger partial charge is 0.426 e. The predicted molar refractivity (Wildman–Crippen MR) is 95.4 cm³/mol. The summed E-state index contributed by atoms with van der Waals surface area (Å²) in [5.41, 5.74) is 0.775. The maximum absolute atomic E-state index is 9.89. The van der Waals surface area contributed by atoms with Crippen LogP contribution >= 0.6 is 0 Å². The van der Waals surface area contributed by atoms with Crippen molar-refractivity contribution in [3.05, 3.63) is 46.4 Å². The van der Waals surface area contributed by atoms with Crippen molar-refractivity contribution in [3.63, 3.8) is 0 Å². The lowest BCUT2D eigenvalue weighted by atomic mass is 10.3. The first kappa shape index (κ1) is 24.4. The summed E-state index contributed by atoms with van der Waals surface area (Å²) < 4.78 is 29.7. The van der Waals surface area contributed by atoms with Crippen molar-refractivity contribution in [1.29, 1.82) is 10.8 Å². The minimum Gasteiger partial charge on any atom is -0.867 e. The molecule has 0 saturated heterocycles. The van der Waals surface area contributed by atoms with E-state index in [4.69, 9.17) is 39.8 Å². The van der Waals surface area contributed by atoms with Gasteiger partial charge in [0, 0.05) is 24.3 Å². The van der Waals surface area contributed by atoms with Gasteiger partial charge in [-0.25, -0.2) is 0 Å². The van der Waals surface area contributed by atoms with Crippen LogP contribution in [0.1, 0.15) is 0 Å². The SMILES string of the molecule is COc1ccc([N+]#N)c(OC)c1.COc1ccc([N+]#N)c(OC)c1.[O-]B([O-])F. The highest BCUT2D eigenvalue weighted by atomic mass is 19.1. The van der Waals surface area contributed by atoms with Gasteiger partial charge < -0.3 is 33.3 Å². The Balaban J connectivity index is 0.000000439. The van der Waals surface area contributed by atoms with Crippen molar-refractivity contribution in [2.24, 2.45) is 0 Å². The molecule has 2 aromatic rings. The number of rotatable bonds is 4. The van der Waals surface area contributed by atoms with E-state index in [0.717, 1.165) is 0 Å². The Hall–Kier alpha value is -3.61. The molecule has 0 N–H and O–H groups in total. The van der Waals surface area contributed by atoms with Gasteiger partial charge in [0.25, 0.3) is 0 Å². The van der Waals surface area contributed by atoms with Gasteiger partial charge in [-0.3, -0.25) is 0 Å². The Labute approximate surface area is 161 Å². The number of nitrogens with zero attached hydrogens (tertiary/aromatic N) is 4. The summed E-state index contributed by atoms with van der Waals surface area (Å²) >= 11 is 0. The average molecular weight is 392 g/mol. The van der Waals surface area contributed by atoms with Crippen LogP contribution in [-0.2, 0) is 0 Å². The molecule has 148 valence electrons. The number of hydrogen-bond acceptors (Lipinski definition) is 8. The summed E-state index contributed by atoms with van der Waals surface area (Å²) in [7, 11) is 2.96. The van der Waals surface area contributed by atoms with Crippen LogP contribution in [-0.4, -0.2) is 35.8 Å². The summed E-state index contributed by atoms with van der Waals surface area (Å²) in [5.74, 6) is 2.30. The molecule has 0 amide bonds. The lowest BCUT2D eigenvalue weighted by Gasteiger charge is -2.09. The highest BCUT2D eigenvalue weighted by Gasteiger charge is 2.15. The molecule has 0 fully saturated rings. The molecule has 0 heterocycles. The molecule has 0 saturated carbocycles. The Bertz CT molecular complexity index is 758. The Morgan fingerprint density at radius 1 is 0.750 bits per heavy atom. The molecule has 0 radical (unpaired) electrons. The third kappa shape index (κ3) is 8.67. The predicted octanol–water partition coefficient (Wildman–Crippen LogP) is 2.04. The number of halogens is 1. The molecule has 2 aromatic carbocycles. The van der Waals surface area contributed by atoms with Crippen molar-refractivity contribution < 1.29 is 33.3 Å². The number of hydrogen-bond donors (Lipinski definition) is 0. The van der Waals surface area contributed by atoms with Crippen molar-refractivity contribution in [3.8, 4) is 23.0 Å². The van der Waals surface area contributed by atoms with Crippen LogP contribution in [0.25, 0.3) is 9.95 Å². The Morgan fingerprint density at radius 2 is 1.07 bits per heavy atom. The average Bonchev–Trinajstić information content (AvgIpc) is 2.72. The largest absolute Gasteiger partial charge is 0.867 e. The molecule has 0 spiro atoms. The standard InChI is InChI=1S/2C8H9N2O2.BFO2/c2*1-11-6-3-4-7(10-9)8(5-6)12-2;2-1(3)4/h2*3-5H,1-2H3;/q2*+1;-2. The Morgan fingerprint density at radius 3 is 1.29 bits per heavy atom. The zero-order valence-corrected chi connectivity index (χ0v) is 15.7. The van der Waals surface area contributed by atoms with Crippen LogP contribution in [0.3, 0.4) is 0 Å². The fraction of sp³-hybridized carbons (Fsp3) is 0.250. The van der Waals surface area contributed by atoms with Gasteiger partial charge in [0.2, 0.25) is 22.3 Å². The number of ether oxygens (including phenoxy) is 4. The third-order valence-corrected chi connectivity index (χ3v) is 2.99. The minimum absolute atomic E-state index is 0.387. The van der Waals surface area contributed by atoms with E-state index in [1.54, 1.807) is 50.6 Å². The number of diazo groups is 2. The Kier molecular flexibility index (Phi) is 11.8. The molecule has 0 aromatic heterocycles. The number of methoxy groups -OCH3 is 4. The second kappa shape index (κ2) is 13.6. The first-order valence-electron chi connectivity index (χ1n) is 7.46. The van der Waals surface area contributed by atoms with Gasteiger partial charge in [-0.05, 0) is 12.1 Å². The van der Waals surface area contributed by atoms with Gasteiger partial charge in [-0.15, -0.1) is 0 Å². The van der Waals surface area contributed by atoms with Crippen molar-refractivity contribution in [2.75, 3.05) is 28.4 Å². The van der Waals surface area contributed by atoms with E-state index in [0.29, 0.717) is 34.4 Å². The van der Waals surface area contributed by atoms with Crippen molar-refractivity contribution in [1.82, 2.24) is 0 Å². The molecule has 2 rings (SSSR count). The van der Waals surface area contributed by atoms with Gasteiger partial charge >= 0.3 is 11.4 Å². The maximum Gasteiger partial charge on any atom is 0.426 e. The third-order valence-electron chi connectivity index (χ3n) is 2.99. The summed E-state index contributed by atoms with van der Waals surface area (Å²) in [6.07, 6.45) is 0. The molecular weight excluding hydrogens is 374 g/mol. The van der Waals surface area contributed by atoms with Crippen LogP contribution < -0.4 is 29.0 Å². The molecule has 0 atom stereocenters. The zero-order valence-electron chi connectivity index (χ0n) is 15.7. The van der Waals surface area contributed by atoms with Gasteiger partial charge in [0.1, 0.15) is 18.9 Å². The molecule has 0 bridgehead atoms. The van der Waals surface area contributed by atoms with Crippen molar-refractivity contribution >= 4 is 18.8 Å². The van der Waals surface area contributed by atoms with Gasteiger partial charge in [-0.1, -0.05) is 0 Å². The van der Waals surface area contributed by atoms with Crippen LogP contribution in [0.4, 0.5) is 15.7 Å². The second-order valence-corrected chi connectivity index (χ2v) is 4.55. The first-order chi connectivity index (χ1) is 13.4. The fourth-order valence-electron chi connectivity index (χ4n) is 1.74. The van der Waals surface area contributed by atoms with Crippen LogP contribution in [0.15, 0.2) is 36.4 Å². The lowest BCUT2D eigenvalue weighted by molar-refractivity contribution is -0.366. The summed E-state index contributed by atoms with van der Waals surface area (Å²) in [6, 6.07) is 9.90. The molecule has 10 nitrogen and oxygen atoms in total. The zero-order chi connectivity index (χ0) is 21.5. The molecular formula is C16H18BFN4O6. The maximum atomic E-state index is 9.89. The topological polar surface area (TPSA) is 139 Å². The monoisotopic (exact) mass is 392 g/mol. The first-order valence-corrected chi connectivity index (χ1v) is 7.46. The van der Waals surface area contributed by atoms with E-state index >= 15 is 0 Å². The lowest BCUT2D eigenvalue weighted by Crippen LogP contribution is -2.39. The molecule has 0 unspecified atom stereocenters. The molecule has 0 aliphatic carbocycles. The molecule has 12 heteroatoms. The highest BCUT2D eigenvalue weighted by molar-refractivity contribution is 6.27. The van der Waals surface area contributed by atoms with Crippen LogP contribution in [0.5, 0.6) is 23.0 Å². The number of benzene rings is 2. The second-order valence-electron chi connectivity index (χ2n) is 4.55. The van der Waals surface area contributed by atoms with E-state index in [9.17, 15) is 4.32 Å². The van der Waals surface area contributed by atoms with E-state index in [-0.39, 0.29) is 0 Å². The van der Waals surface area contributed by atoms with Crippen LogP contribution in [0, 0.1) is 10.8 Å². The van der Waals surface area contributed by atoms with E-state index in [2.05, 4.69) is 9.95 Å². The van der Waals surface area contributed by atoms with Crippen molar-refractivity contribution in [2.45, 2.75) is 0 Å². The van der Waals surface area contributed by atoms with Gasteiger partial charge in [0.15, 0.2) is 9.95 Å². The normalized spacial score (nSPS) is 8.46. The van der Waals surface area contributed by atoms with E-state index < -0.39 is 7.40 Å². The summed E-state index contributed by atoms with van der Waals surface area (Å²) in [6.45, 7) is 0. The van der Waals surface area contributed by atoms with Crippen LogP contribution in [0.2, 0.25) is 0 Å². The quantitative estimate of drug-likeness (QED) is 0.569. The fourth-order valence-corrected chi connectivity index (χ4v) is 1.74. The van der Waals surface area contributed by atoms with Gasteiger partial charge in [0.05, 0.1) is 28.4 Å². The van der Waals surface area contributed by atoms with E-state index in [1.807, 2.05) is 0 Å². The summed E-state index contributed by atoms with van der Waals surface area (Å²) in [5, 5.41) is 33.6. The molecule has 28 heavy (non-hydrogen) atoms.